The number of carbonyl (C=O) groups is 2. The molecule has 1 aliphatic rings. The van der Waals surface area contributed by atoms with E-state index < -0.39 is 18.1 Å². The number of ether oxygens (including phenoxy) is 1. The van der Waals surface area contributed by atoms with Crippen LogP contribution in [0.1, 0.15) is 76.3 Å². The van der Waals surface area contributed by atoms with Crippen LogP contribution in [0.4, 0.5) is 0 Å². The van der Waals surface area contributed by atoms with Crippen LogP contribution in [-0.4, -0.2) is 42.8 Å². The average molecular weight is 567 g/mol. The highest BCUT2D eigenvalue weighted by molar-refractivity contribution is 5.87. The van der Waals surface area contributed by atoms with Gasteiger partial charge in [-0.3, -0.25) is 15.0 Å². The molecule has 4 N–H and O–H groups in total. The summed E-state index contributed by atoms with van der Waals surface area (Å²) in [6.07, 6.45) is 6.84. The van der Waals surface area contributed by atoms with Crippen molar-refractivity contribution in [2.24, 2.45) is 23.5 Å². The molecule has 1 saturated heterocycles. The first kappa shape index (κ1) is 32.7. The molecule has 1 fully saturated rings. The summed E-state index contributed by atoms with van der Waals surface area (Å²) in [5, 5.41) is 1.96. The van der Waals surface area contributed by atoms with Crippen LogP contribution in [0, 0.1) is 17.8 Å². The van der Waals surface area contributed by atoms with Crippen LogP contribution in [0.5, 0.6) is 0 Å². The summed E-state index contributed by atoms with van der Waals surface area (Å²) < 4.78 is 5.64. The third kappa shape index (κ3) is 12.3. The molecule has 0 aliphatic carbocycles. The van der Waals surface area contributed by atoms with Crippen molar-refractivity contribution < 1.29 is 19.2 Å². The van der Waals surface area contributed by atoms with Crippen LogP contribution in [0.15, 0.2) is 60.7 Å². The summed E-state index contributed by atoms with van der Waals surface area (Å²) in [5.41, 5.74) is 13.9. The molecule has 0 spiro atoms. The van der Waals surface area contributed by atoms with Gasteiger partial charge in [-0.1, -0.05) is 74.5 Å². The maximum absolute atomic E-state index is 14.0. The molecule has 1 heterocycles. The second-order valence-electron chi connectivity index (χ2n) is 11.5. The van der Waals surface area contributed by atoms with Crippen molar-refractivity contribution in [1.29, 1.82) is 0 Å². The summed E-state index contributed by atoms with van der Waals surface area (Å²) in [7, 11) is 0. The number of unbranched alkanes of at least 4 members (excludes halogenated alkanes) is 1. The fraction of sp³-hybridized carbons (Fsp3) is 0.576. The van der Waals surface area contributed by atoms with Gasteiger partial charge in [0, 0.05) is 26.1 Å². The van der Waals surface area contributed by atoms with Gasteiger partial charge in [-0.2, -0.15) is 0 Å². The number of amides is 2. The maximum atomic E-state index is 14.0. The van der Waals surface area contributed by atoms with E-state index in [1.54, 1.807) is 0 Å². The Kier molecular flexibility index (Phi) is 14.9. The van der Waals surface area contributed by atoms with Crippen molar-refractivity contribution >= 4 is 11.8 Å². The zero-order chi connectivity index (χ0) is 29.3. The normalized spacial score (nSPS) is 16.9. The predicted molar refractivity (Wildman–Crippen MR) is 162 cm³/mol. The number of nitrogens with zero attached hydrogens (tertiary/aromatic N) is 1. The average Bonchev–Trinajstić information content (AvgIpc) is 2.98. The third-order valence-corrected chi connectivity index (χ3v) is 7.50. The summed E-state index contributed by atoms with van der Waals surface area (Å²) in [4.78, 5) is 33.3. The number of hydroxylamine groups is 1. The minimum atomic E-state index is -0.535. The highest BCUT2D eigenvalue weighted by atomic mass is 16.8. The molecular formula is C33H50N4O4. The van der Waals surface area contributed by atoms with Crippen molar-refractivity contribution in [3.05, 3.63) is 71.8 Å². The molecule has 2 aromatic rings. The highest BCUT2D eigenvalue weighted by Crippen LogP contribution is 2.27. The smallest absolute Gasteiger partial charge is 0.247 e. The molecule has 226 valence electrons. The van der Waals surface area contributed by atoms with Crippen LogP contribution in [0.25, 0.3) is 0 Å². The van der Waals surface area contributed by atoms with E-state index in [1.165, 1.54) is 5.56 Å². The zero-order valence-corrected chi connectivity index (χ0v) is 24.9. The van der Waals surface area contributed by atoms with E-state index in [1.807, 2.05) is 41.4 Å². The fourth-order valence-corrected chi connectivity index (χ4v) is 5.32. The highest BCUT2D eigenvalue weighted by Gasteiger charge is 2.35. The standard InChI is InChI=1S/C33H50N4O4/c1-26(2)24-30(32(38)35-37(22-11-10-21-34)25-28-16-7-4-8-17-28)29(19-13-18-27-14-5-3-6-15-27)33(39)36-41-31-20-9-12-23-40-31/h3-8,14-17,26,29-31H,9-13,18-25,34H2,1-2H3,(H,35,38)(H,36,39)/t29-,30+,31?/m0/s1. The van der Waals surface area contributed by atoms with Gasteiger partial charge in [-0.05, 0) is 75.0 Å². The Bertz CT molecular complexity index is 999. The largest absolute Gasteiger partial charge is 0.350 e. The van der Waals surface area contributed by atoms with E-state index in [4.69, 9.17) is 15.3 Å². The number of carbonyl (C=O) groups excluding carboxylic acids is 2. The zero-order valence-electron chi connectivity index (χ0n) is 24.9. The van der Waals surface area contributed by atoms with E-state index in [9.17, 15) is 9.59 Å². The van der Waals surface area contributed by atoms with Crippen LogP contribution in [-0.2, 0) is 32.1 Å². The van der Waals surface area contributed by atoms with Crippen LogP contribution < -0.4 is 16.6 Å². The number of hydrogen-bond acceptors (Lipinski definition) is 6. The third-order valence-electron chi connectivity index (χ3n) is 7.50. The number of nitrogens with two attached hydrogens (primary N) is 1. The molecule has 8 heteroatoms. The minimum Gasteiger partial charge on any atom is -0.350 e. The first-order chi connectivity index (χ1) is 20.0. The molecule has 0 aromatic heterocycles. The second-order valence-corrected chi connectivity index (χ2v) is 11.5. The molecule has 0 radical (unpaired) electrons. The topological polar surface area (TPSA) is 106 Å². The monoisotopic (exact) mass is 566 g/mol. The Morgan fingerprint density at radius 3 is 2.29 bits per heavy atom. The molecule has 2 aromatic carbocycles. The second kappa shape index (κ2) is 18.6. The lowest BCUT2D eigenvalue weighted by atomic mass is 9.81. The van der Waals surface area contributed by atoms with E-state index in [-0.39, 0.29) is 17.7 Å². The molecule has 8 nitrogen and oxygen atoms in total. The van der Waals surface area contributed by atoms with E-state index in [0.717, 1.165) is 50.5 Å². The number of hydrogen-bond donors (Lipinski definition) is 3. The van der Waals surface area contributed by atoms with Gasteiger partial charge in [0.25, 0.3) is 0 Å². The van der Waals surface area contributed by atoms with Gasteiger partial charge in [0.1, 0.15) is 0 Å². The number of aryl methyl sites for hydroxylation is 1. The van der Waals surface area contributed by atoms with Gasteiger partial charge in [0.05, 0.1) is 11.8 Å². The van der Waals surface area contributed by atoms with Gasteiger partial charge in [0.2, 0.25) is 11.8 Å². The maximum Gasteiger partial charge on any atom is 0.247 e. The molecular weight excluding hydrogens is 516 g/mol. The Morgan fingerprint density at radius 1 is 0.951 bits per heavy atom. The lowest BCUT2D eigenvalue weighted by Crippen LogP contribution is -2.49. The fourth-order valence-electron chi connectivity index (χ4n) is 5.32. The van der Waals surface area contributed by atoms with Crippen molar-refractivity contribution in [2.75, 3.05) is 19.7 Å². The van der Waals surface area contributed by atoms with Crippen molar-refractivity contribution in [3.8, 4) is 0 Å². The lowest BCUT2D eigenvalue weighted by molar-refractivity contribution is -0.203. The van der Waals surface area contributed by atoms with Gasteiger partial charge < -0.3 is 10.5 Å². The summed E-state index contributed by atoms with van der Waals surface area (Å²) in [6.45, 7) is 6.68. The SMILES string of the molecule is CC(C)C[C@@H](C(=O)NN(CCCCN)Cc1ccccc1)[C@H](CCCc1ccccc1)C(=O)NOC1CCCCO1. The van der Waals surface area contributed by atoms with Gasteiger partial charge in [-0.25, -0.2) is 15.3 Å². The first-order valence-corrected chi connectivity index (χ1v) is 15.4. The number of nitrogens with one attached hydrogen (secondary N) is 2. The number of hydrazine groups is 1. The lowest BCUT2D eigenvalue weighted by Gasteiger charge is -2.31. The molecule has 0 bridgehead atoms. The molecule has 0 saturated carbocycles. The molecule has 1 aliphatic heterocycles. The van der Waals surface area contributed by atoms with Gasteiger partial charge in [-0.15, -0.1) is 0 Å². The van der Waals surface area contributed by atoms with Gasteiger partial charge in [0.15, 0.2) is 6.29 Å². The Labute approximate surface area is 246 Å². The van der Waals surface area contributed by atoms with Crippen LogP contribution in [0.2, 0.25) is 0 Å². The first-order valence-electron chi connectivity index (χ1n) is 15.4. The van der Waals surface area contributed by atoms with Crippen LogP contribution in [0.3, 0.4) is 0 Å². The number of rotatable bonds is 18. The quantitative estimate of drug-likeness (QED) is 0.171. The minimum absolute atomic E-state index is 0.129. The number of benzene rings is 2. The summed E-state index contributed by atoms with van der Waals surface area (Å²) >= 11 is 0. The summed E-state index contributed by atoms with van der Waals surface area (Å²) in [5.74, 6) is -1.19. The summed E-state index contributed by atoms with van der Waals surface area (Å²) in [6, 6.07) is 20.3. The van der Waals surface area contributed by atoms with E-state index in [2.05, 4.69) is 49.0 Å². The Hall–Kier alpha value is -2.78. The van der Waals surface area contributed by atoms with E-state index >= 15 is 0 Å². The Balaban J connectivity index is 1.75. The van der Waals surface area contributed by atoms with Crippen LogP contribution >= 0.6 is 0 Å². The predicted octanol–water partition coefficient (Wildman–Crippen LogP) is 5.13. The van der Waals surface area contributed by atoms with Crippen molar-refractivity contribution in [1.82, 2.24) is 15.9 Å². The van der Waals surface area contributed by atoms with E-state index in [0.29, 0.717) is 39.1 Å². The molecule has 3 rings (SSSR count). The Morgan fingerprint density at radius 2 is 1.66 bits per heavy atom. The molecule has 2 amide bonds. The van der Waals surface area contributed by atoms with Crippen molar-refractivity contribution in [2.45, 2.75) is 84.5 Å². The molecule has 1 unspecified atom stereocenters. The molecule has 41 heavy (non-hydrogen) atoms. The van der Waals surface area contributed by atoms with Crippen molar-refractivity contribution in [3.63, 3.8) is 0 Å². The van der Waals surface area contributed by atoms with Gasteiger partial charge >= 0.3 is 0 Å². The molecule has 3 atom stereocenters.